The van der Waals surface area contributed by atoms with Crippen LogP contribution in [0.25, 0.3) is 5.52 Å². The summed E-state index contributed by atoms with van der Waals surface area (Å²) in [5, 5.41) is 16.0. The second-order valence-corrected chi connectivity index (χ2v) is 4.90. The molecule has 0 fully saturated rings. The zero-order valence-corrected chi connectivity index (χ0v) is 10.6. The van der Waals surface area contributed by atoms with E-state index in [0.717, 1.165) is 5.52 Å². The molecule has 0 saturated carbocycles. The fraction of sp³-hybridized carbons (Fsp3) is 0.385. The second-order valence-electron chi connectivity index (χ2n) is 4.90. The van der Waals surface area contributed by atoms with Crippen LogP contribution in [0.1, 0.15) is 30.6 Å². The summed E-state index contributed by atoms with van der Waals surface area (Å²) in [4.78, 5) is 12.2. The van der Waals surface area contributed by atoms with Crippen molar-refractivity contribution in [1.82, 2.24) is 14.9 Å². The number of pyridine rings is 1. The number of rotatable bonds is 4. The predicted molar refractivity (Wildman–Crippen MR) is 68.4 cm³/mol. The molecule has 2 aromatic heterocycles. The smallest absolute Gasteiger partial charge is 0.255 e. The van der Waals surface area contributed by atoms with E-state index in [-0.39, 0.29) is 12.5 Å². The maximum atomic E-state index is 12.2. The van der Waals surface area contributed by atoms with Crippen LogP contribution in [0.5, 0.6) is 0 Å². The van der Waals surface area contributed by atoms with Gasteiger partial charge in [0.25, 0.3) is 5.91 Å². The van der Waals surface area contributed by atoms with Crippen LogP contribution in [0.3, 0.4) is 0 Å². The summed E-state index contributed by atoms with van der Waals surface area (Å²) in [5.41, 5.74) is 0.880. The van der Waals surface area contributed by atoms with E-state index in [4.69, 9.17) is 5.11 Å². The average molecular weight is 247 g/mol. The lowest BCUT2D eigenvalue weighted by molar-refractivity contribution is 0.0901. The highest BCUT2D eigenvalue weighted by Crippen LogP contribution is 2.13. The van der Waals surface area contributed by atoms with Gasteiger partial charge in [-0.2, -0.15) is 5.10 Å². The van der Waals surface area contributed by atoms with Gasteiger partial charge in [-0.05, 0) is 32.4 Å². The first kappa shape index (κ1) is 12.6. The van der Waals surface area contributed by atoms with Crippen LogP contribution in [0.15, 0.2) is 30.6 Å². The molecule has 2 N–H and O–H groups in total. The number of aliphatic hydroxyl groups excluding tert-OH is 1. The molecule has 18 heavy (non-hydrogen) atoms. The van der Waals surface area contributed by atoms with Gasteiger partial charge in [-0.25, -0.2) is 4.52 Å². The molecule has 2 rings (SSSR count). The van der Waals surface area contributed by atoms with Gasteiger partial charge in [0.1, 0.15) is 0 Å². The van der Waals surface area contributed by atoms with E-state index in [1.165, 1.54) is 0 Å². The Kier molecular flexibility index (Phi) is 3.34. The minimum atomic E-state index is -0.436. The number of aliphatic hydroxyl groups is 1. The zero-order chi connectivity index (χ0) is 13.2. The van der Waals surface area contributed by atoms with Crippen LogP contribution in [0.4, 0.5) is 0 Å². The van der Waals surface area contributed by atoms with Gasteiger partial charge in [-0.3, -0.25) is 4.79 Å². The molecule has 0 aromatic carbocycles. The molecule has 0 bridgehead atoms. The molecule has 2 aromatic rings. The lowest BCUT2D eigenvalue weighted by Crippen LogP contribution is -2.44. The van der Waals surface area contributed by atoms with E-state index in [1.807, 2.05) is 32.0 Å². The minimum absolute atomic E-state index is 0.0437. The molecule has 0 saturated heterocycles. The molecule has 96 valence electrons. The Labute approximate surface area is 105 Å². The standard InChI is InChI=1S/C13H17N3O2/c1-13(2,6-8-17)15-12(18)10-9-14-16-7-4-3-5-11(10)16/h3-5,7,9,17H,6,8H2,1-2H3,(H,15,18). The van der Waals surface area contributed by atoms with Gasteiger partial charge in [0.2, 0.25) is 0 Å². The third kappa shape index (κ3) is 2.51. The number of hydrogen-bond donors (Lipinski definition) is 2. The molecule has 1 amide bonds. The normalized spacial score (nSPS) is 11.7. The number of nitrogens with zero attached hydrogens (tertiary/aromatic N) is 2. The van der Waals surface area contributed by atoms with E-state index < -0.39 is 5.54 Å². The first-order chi connectivity index (χ1) is 8.53. The lowest BCUT2D eigenvalue weighted by atomic mass is 10.0. The first-order valence-electron chi connectivity index (χ1n) is 5.89. The van der Waals surface area contributed by atoms with E-state index in [9.17, 15) is 4.79 Å². The summed E-state index contributed by atoms with van der Waals surface area (Å²) >= 11 is 0. The summed E-state index contributed by atoms with van der Waals surface area (Å²) in [6.45, 7) is 3.81. The van der Waals surface area contributed by atoms with E-state index >= 15 is 0 Å². The van der Waals surface area contributed by atoms with Gasteiger partial charge in [0.15, 0.2) is 0 Å². The van der Waals surface area contributed by atoms with Crippen molar-refractivity contribution in [3.8, 4) is 0 Å². The van der Waals surface area contributed by atoms with Crippen molar-refractivity contribution in [2.45, 2.75) is 25.8 Å². The monoisotopic (exact) mass is 247 g/mol. The number of amides is 1. The van der Waals surface area contributed by atoms with E-state index in [0.29, 0.717) is 12.0 Å². The molecule has 0 aliphatic rings. The highest BCUT2D eigenvalue weighted by molar-refractivity contribution is 6.00. The molecule has 5 nitrogen and oxygen atoms in total. The fourth-order valence-electron chi connectivity index (χ4n) is 1.83. The van der Waals surface area contributed by atoms with Crippen molar-refractivity contribution in [2.24, 2.45) is 0 Å². The maximum Gasteiger partial charge on any atom is 0.255 e. The van der Waals surface area contributed by atoms with Crippen molar-refractivity contribution < 1.29 is 9.90 Å². The fourth-order valence-corrected chi connectivity index (χ4v) is 1.83. The predicted octanol–water partition coefficient (Wildman–Crippen LogP) is 1.23. The third-order valence-corrected chi connectivity index (χ3v) is 2.86. The van der Waals surface area contributed by atoms with Crippen LogP contribution in [0, 0.1) is 0 Å². The largest absolute Gasteiger partial charge is 0.396 e. The van der Waals surface area contributed by atoms with Crippen LogP contribution in [-0.4, -0.2) is 32.8 Å². The SMILES string of the molecule is CC(C)(CCO)NC(=O)c1cnn2ccccc12. The lowest BCUT2D eigenvalue weighted by Gasteiger charge is -2.25. The topological polar surface area (TPSA) is 66.6 Å². The van der Waals surface area contributed by atoms with Crippen molar-refractivity contribution in [3.05, 3.63) is 36.2 Å². The molecule has 0 radical (unpaired) electrons. The number of hydrogen-bond acceptors (Lipinski definition) is 3. The average Bonchev–Trinajstić information content (AvgIpc) is 2.71. The maximum absolute atomic E-state index is 12.2. The summed E-state index contributed by atoms with van der Waals surface area (Å²) in [6.07, 6.45) is 3.86. The summed E-state index contributed by atoms with van der Waals surface area (Å²) < 4.78 is 1.66. The first-order valence-corrected chi connectivity index (χ1v) is 5.89. The molecule has 0 atom stereocenters. The van der Waals surface area contributed by atoms with Gasteiger partial charge in [-0.15, -0.1) is 0 Å². The summed E-state index contributed by atoms with van der Waals surface area (Å²) in [5.74, 6) is -0.172. The quantitative estimate of drug-likeness (QED) is 0.853. The Balaban J connectivity index is 2.24. The highest BCUT2D eigenvalue weighted by Gasteiger charge is 2.22. The number of carbonyl (C=O) groups is 1. The number of carbonyl (C=O) groups excluding carboxylic acids is 1. The molecule has 0 aliphatic heterocycles. The third-order valence-electron chi connectivity index (χ3n) is 2.86. The number of aromatic nitrogens is 2. The number of nitrogens with one attached hydrogen (secondary N) is 1. The Bertz CT molecular complexity index is 560. The zero-order valence-electron chi connectivity index (χ0n) is 10.6. The van der Waals surface area contributed by atoms with Crippen LogP contribution in [0.2, 0.25) is 0 Å². The second kappa shape index (κ2) is 4.78. The van der Waals surface area contributed by atoms with Crippen molar-refractivity contribution >= 4 is 11.4 Å². The molecule has 0 aliphatic carbocycles. The van der Waals surface area contributed by atoms with Gasteiger partial charge < -0.3 is 10.4 Å². The summed E-state index contributed by atoms with van der Waals surface area (Å²) in [7, 11) is 0. The molecular weight excluding hydrogens is 230 g/mol. The van der Waals surface area contributed by atoms with Crippen molar-refractivity contribution in [2.75, 3.05) is 6.61 Å². The number of fused-ring (bicyclic) bond motifs is 1. The van der Waals surface area contributed by atoms with Crippen LogP contribution < -0.4 is 5.32 Å². The Hall–Kier alpha value is -1.88. The van der Waals surface area contributed by atoms with Gasteiger partial charge in [0.05, 0.1) is 17.3 Å². The van der Waals surface area contributed by atoms with E-state index in [2.05, 4.69) is 10.4 Å². The van der Waals surface area contributed by atoms with Crippen LogP contribution >= 0.6 is 0 Å². The van der Waals surface area contributed by atoms with Crippen LogP contribution in [-0.2, 0) is 0 Å². The molecule has 5 heteroatoms. The molecular formula is C13H17N3O2. The Morgan fingerprint density at radius 3 is 3.00 bits per heavy atom. The Morgan fingerprint density at radius 1 is 1.50 bits per heavy atom. The minimum Gasteiger partial charge on any atom is -0.396 e. The van der Waals surface area contributed by atoms with Crippen molar-refractivity contribution in [3.63, 3.8) is 0 Å². The van der Waals surface area contributed by atoms with E-state index in [1.54, 1.807) is 16.9 Å². The highest BCUT2D eigenvalue weighted by atomic mass is 16.3. The molecule has 0 spiro atoms. The van der Waals surface area contributed by atoms with Gasteiger partial charge in [-0.1, -0.05) is 6.07 Å². The van der Waals surface area contributed by atoms with Crippen molar-refractivity contribution in [1.29, 1.82) is 0 Å². The van der Waals surface area contributed by atoms with Gasteiger partial charge in [0, 0.05) is 18.3 Å². The molecule has 0 unspecified atom stereocenters. The Morgan fingerprint density at radius 2 is 2.28 bits per heavy atom. The van der Waals surface area contributed by atoms with Gasteiger partial charge >= 0.3 is 0 Å². The summed E-state index contributed by atoms with van der Waals surface area (Å²) in [6, 6.07) is 5.57. The molecule has 2 heterocycles.